The molecule has 0 aliphatic carbocycles. The molecule has 0 spiro atoms. The number of rotatable bonds is 2. The zero-order valence-electron chi connectivity index (χ0n) is 9.79. The number of aromatic amines is 1. The Morgan fingerprint density at radius 1 is 1.25 bits per heavy atom. The number of benzene rings is 1. The maximum atomic E-state index is 11.6. The van der Waals surface area contributed by atoms with Gasteiger partial charge in [-0.05, 0) is 26.3 Å². The number of carbonyl (C=O) groups excluding carboxylic acids is 1. The Hall–Kier alpha value is -1.83. The molecule has 82 valence electrons. The third-order valence-corrected chi connectivity index (χ3v) is 2.76. The Labute approximate surface area is 95.3 Å². The summed E-state index contributed by atoms with van der Waals surface area (Å²) < 4.78 is 0. The Kier molecular flexibility index (Phi) is 2.65. The van der Waals surface area contributed by atoms with Gasteiger partial charge in [0.25, 0.3) is 0 Å². The summed E-state index contributed by atoms with van der Waals surface area (Å²) in [6.45, 7) is 5.59. The molecule has 2 aromatic rings. The summed E-state index contributed by atoms with van der Waals surface area (Å²) in [6.07, 6.45) is 1.90. The molecule has 0 fully saturated rings. The Morgan fingerprint density at radius 3 is 2.62 bits per heavy atom. The lowest BCUT2D eigenvalue weighted by atomic mass is 9.99. The van der Waals surface area contributed by atoms with Gasteiger partial charge in [0.1, 0.15) is 0 Å². The average molecular weight is 213 g/mol. The van der Waals surface area contributed by atoms with E-state index in [0.717, 1.165) is 22.4 Å². The highest BCUT2D eigenvalue weighted by atomic mass is 16.1. The molecule has 16 heavy (non-hydrogen) atoms. The minimum absolute atomic E-state index is 0.107. The van der Waals surface area contributed by atoms with Gasteiger partial charge >= 0.3 is 0 Å². The topological polar surface area (TPSA) is 32.9 Å². The van der Waals surface area contributed by atoms with Crippen LogP contribution in [0.2, 0.25) is 0 Å². The minimum Gasteiger partial charge on any atom is -0.364 e. The zero-order valence-corrected chi connectivity index (χ0v) is 9.79. The van der Waals surface area contributed by atoms with Crippen LogP contribution in [-0.4, -0.2) is 10.8 Å². The lowest BCUT2D eigenvalue weighted by Gasteiger charge is -2.03. The van der Waals surface area contributed by atoms with Crippen LogP contribution in [0.15, 0.2) is 30.5 Å². The first-order valence-electron chi connectivity index (χ1n) is 5.35. The molecule has 0 unspecified atom stereocenters. The summed E-state index contributed by atoms with van der Waals surface area (Å²) in [5.41, 5.74) is 5.02. The molecule has 2 rings (SSSR count). The van der Waals surface area contributed by atoms with Gasteiger partial charge in [-0.15, -0.1) is 0 Å². The molecule has 0 aliphatic rings. The molecule has 0 saturated carbocycles. The predicted octanol–water partition coefficient (Wildman–Crippen LogP) is 3.50. The Bertz CT molecular complexity index is 537. The van der Waals surface area contributed by atoms with Gasteiger partial charge in [0.15, 0.2) is 5.78 Å². The van der Waals surface area contributed by atoms with Crippen molar-refractivity contribution >= 4 is 5.78 Å². The molecule has 2 nitrogen and oxygen atoms in total. The Morgan fingerprint density at radius 2 is 2.00 bits per heavy atom. The second-order valence-electron chi connectivity index (χ2n) is 4.13. The molecular weight excluding hydrogens is 198 g/mol. The SMILES string of the molecule is CC(=O)c1c(-c2cccc(C)c2)c[nH]c1C. The van der Waals surface area contributed by atoms with Gasteiger partial charge in [0.2, 0.25) is 0 Å². The van der Waals surface area contributed by atoms with Crippen LogP contribution in [0, 0.1) is 13.8 Å². The minimum atomic E-state index is 0.107. The van der Waals surface area contributed by atoms with E-state index < -0.39 is 0 Å². The van der Waals surface area contributed by atoms with E-state index >= 15 is 0 Å². The highest BCUT2D eigenvalue weighted by Crippen LogP contribution is 2.26. The van der Waals surface area contributed by atoms with Crippen molar-refractivity contribution in [3.8, 4) is 11.1 Å². The molecule has 0 bridgehead atoms. The molecule has 0 saturated heterocycles. The largest absolute Gasteiger partial charge is 0.364 e. The summed E-state index contributed by atoms with van der Waals surface area (Å²) in [7, 11) is 0. The van der Waals surface area contributed by atoms with Crippen molar-refractivity contribution in [1.82, 2.24) is 4.98 Å². The van der Waals surface area contributed by atoms with Crippen molar-refractivity contribution in [1.29, 1.82) is 0 Å². The number of carbonyl (C=O) groups is 1. The number of H-pyrrole nitrogens is 1. The van der Waals surface area contributed by atoms with Crippen LogP contribution >= 0.6 is 0 Å². The molecule has 2 heteroatoms. The normalized spacial score (nSPS) is 10.4. The highest BCUT2D eigenvalue weighted by Gasteiger charge is 2.13. The number of nitrogens with one attached hydrogen (secondary N) is 1. The monoisotopic (exact) mass is 213 g/mol. The van der Waals surface area contributed by atoms with Crippen molar-refractivity contribution < 1.29 is 4.79 Å². The summed E-state index contributed by atoms with van der Waals surface area (Å²) in [5.74, 6) is 0.107. The van der Waals surface area contributed by atoms with Gasteiger partial charge in [0.05, 0.1) is 0 Å². The molecule has 1 N–H and O–H groups in total. The molecule has 0 aliphatic heterocycles. The zero-order chi connectivity index (χ0) is 11.7. The van der Waals surface area contributed by atoms with Crippen molar-refractivity contribution in [2.75, 3.05) is 0 Å². The van der Waals surface area contributed by atoms with Crippen molar-refractivity contribution in [2.24, 2.45) is 0 Å². The van der Waals surface area contributed by atoms with Gasteiger partial charge in [-0.2, -0.15) is 0 Å². The summed E-state index contributed by atoms with van der Waals surface area (Å²) in [5, 5.41) is 0. The molecule has 1 aromatic carbocycles. The maximum absolute atomic E-state index is 11.6. The van der Waals surface area contributed by atoms with Gasteiger partial charge in [-0.25, -0.2) is 0 Å². The summed E-state index contributed by atoms with van der Waals surface area (Å²) in [6, 6.07) is 8.18. The Balaban J connectivity index is 2.60. The van der Waals surface area contributed by atoms with Crippen molar-refractivity contribution in [2.45, 2.75) is 20.8 Å². The first-order valence-corrected chi connectivity index (χ1v) is 5.35. The highest BCUT2D eigenvalue weighted by molar-refractivity contribution is 6.02. The first kappa shape index (κ1) is 10.7. The molecule has 0 amide bonds. The van der Waals surface area contributed by atoms with E-state index in [-0.39, 0.29) is 5.78 Å². The van der Waals surface area contributed by atoms with Crippen molar-refractivity contribution in [3.05, 3.63) is 47.3 Å². The molecule has 1 heterocycles. The lowest BCUT2D eigenvalue weighted by Crippen LogP contribution is -1.95. The van der Waals surface area contributed by atoms with Crippen LogP contribution in [0.25, 0.3) is 11.1 Å². The average Bonchev–Trinajstić information content (AvgIpc) is 2.60. The summed E-state index contributed by atoms with van der Waals surface area (Å²) >= 11 is 0. The smallest absolute Gasteiger partial charge is 0.162 e. The number of hydrogen-bond donors (Lipinski definition) is 1. The van der Waals surface area contributed by atoms with Gasteiger partial charge in [-0.1, -0.05) is 29.8 Å². The molecule has 0 radical (unpaired) electrons. The van der Waals surface area contributed by atoms with E-state index in [2.05, 4.69) is 24.0 Å². The summed E-state index contributed by atoms with van der Waals surface area (Å²) in [4.78, 5) is 14.7. The number of hydrogen-bond acceptors (Lipinski definition) is 1. The maximum Gasteiger partial charge on any atom is 0.162 e. The lowest BCUT2D eigenvalue weighted by molar-refractivity contribution is 0.101. The van der Waals surface area contributed by atoms with Gasteiger partial charge < -0.3 is 4.98 Å². The van der Waals surface area contributed by atoms with E-state index in [9.17, 15) is 4.79 Å². The fourth-order valence-corrected chi connectivity index (χ4v) is 2.02. The third-order valence-electron chi connectivity index (χ3n) is 2.76. The van der Waals surface area contributed by atoms with E-state index in [1.54, 1.807) is 6.92 Å². The van der Waals surface area contributed by atoms with Gasteiger partial charge in [-0.3, -0.25) is 4.79 Å². The van der Waals surface area contributed by atoms with Crippen LogP contribution < -0.4 is 0 Å². The van der Waals surface area contributed by atoms with Crippen LogP contribution in [-0.2, 0) is 0 Å². The number of aryl methyl sites for hydroxylation is 2. The fourth-order valence-electron chi connectivity index (χ4n) is 2.02. The van der Waals surface area contributed by atoms with Crippen LogP contribution in [0.1, 0.15) is 28.5 Å². The molecular formula is C14H15NO. The van der Waals surface area contributed by atoms with E-state index in [1.807, 2.05) is 25.3 Å². The second-order valence-corrected chi connectivity index (χ2v) is 4.13. The second kappa shape index (κ2) is 3.97. The number of Topliss-reactive ketones (excluding diaryl/α,β-unsaturated/α-hetero) is 1. The quantitative estimate of drug-likeness (QED) is 0.761. The van der Waals surface area contributed by atoms with E-state index in [4.69, 9.17) is 0 Å². The molecule has 0 atom stereocenters. The van der Waals surface area contributed by atoms with E-state index in [1.165, 1.54) is 5.56 Å². The van der Waals surface area contributed by atoms with E-state index in [0.29, 0.717) is 0 Å². The number of aromatic nitrogens is 1. The number of ketones is 1. The van der Waals surface area contributed by atoms with Crippen LogP contribution in [0.5, 0.6) is 0 Å². The van der Waals surface area contributed by atoms with Crippen LogP contribution in [0.4, 0.5) is 0 Å². The third kappa shape index (κ3) is 1.78. The van der Waals surface area contributed by atoms with Gasteiger partial charge in [0, 0.05) is 23.0 Å². The first-order chi connectivity index (χ1) is 7.59. The van der Waals surface area contributed by atoms with Crippen LogP contribution in [0.3, 0.4) is 0 Å². The fraction of sp³-hybridized carbons (Fsp3) is 0.214. The molecule has 1 aromatic heterocycles. The predicted molar refractivity (Wildman–Crippen MR) is 65.7 cm³/mol. The standard InChI is InChI=1S/C14H15NO/c1-9-5-4-6-12(7-9)13-8-15-10(2)14(13)11(3)16/h4-8,15H,1-3H3. The van der Waals surface area contributed by atoms with Crippen molar-refractivity contribution in [3.63, 3.8) is 0 Å².